The van der Waals surface area contributed by atoms with Crippen molar-refractivity contribution in [2.45, 2.75) is 6.92 Å². The molecule has 1 rings (SSSR count). The molecule has 0 saturated carbocycles. The van der Waals surface area contributed by atoms with Crippen LogP contribution in [0.1, 0.15) is 17.3 Å². The molecular weight excluding hydrogens is 242 g/mol. The van der Waals surface area contributed by atoms with Gasteiger partial charge in [-0.1, -0.05) is 12.1 Å². The Labute approximate surface area is 105 Å². The van der Waals surface area contributed by atoms with E-state index in [1.807, 2.05) is 6.92 Å². The van der Waals surface area contributed by atoms with Crippen LogP contribution >= 0.6 is 11.6 Å². The Hall–Kier alpha value is -1.55. The summed E-state index contributed by atoms with van der Waals surface area (Å²) in [6.45, 7) is 2.26. The second-order valence-electron chi connectivity index (χ2n) is 3.28. The molecule has 0 atom stereocenters. The molecule has 0 bridgehead atoms. The van der Waals surface area contributed by atoms with E-state index in [-0.39, 0.29) is 11.8 Å². The number of hydrogen-bond donors (Lipinski definition) is 0. The van der Waals surface area contributed by atoms with Crippen LogP contribution in [-0.2, 0) is 9.53 Å². The fraction of sp³-hybridized carbons (Fsp3) is 0.333. The summed E-state index contributed by atoms with van der Waals surface area (Å²) in [5, 5.41) is 0. The lowest BCUT2D eigenvalue weighted by atomic mass is 10.1. The van der Waals surface area contributed by atoms with Crippen LogP contribution < -0.4 is 4.90 Å². The molecule has 92 valence electrons. The van der Waals surface area contributed by atoms with E-state index >= 15 is 0 Å². The number of rotatable bonds is 4. The highest BCUT2D eigenvalue weighted by Gasteiger charge is 2.19. The largest absolute Gasteiger partial charge is 0.465 e. The Bertz CT molecular complexity index is 420. The number of anilines is 1. The van der Waals surface area contributed by atoms with Crippen LogP contribution in [-0.4, -0.2) is 31.4 Å². The second-order valence-corrected chi connectivity index (χ2v) is 3.55. The van der Waals surface area contributed by atoms with Gasteiger partial charge in [-0.3, -0.25) is 4.79 Å². The first-order valence-electron chi connectivity index (χ1n) is 5.19. The average molecular weight is 256 g/mol. The molecule has 0 unspecified atom stereocenters. The molecular formula is C12H14ClNO3. The molecule has 0 aliphatic rings. The van der Waals surface area contributed by atoms with Gasteiger partial charge >= 0.3 is 5.97 Å². The standard InChI is InChI=1S/C12H14ClNO3/c1-3-14(11(15)8-13)10-7-5-4-6-9(10)12(16)17-2/h4-7H,3,8H2,1-2H3. The molecule has 17 heavy (non-hydrogen) atoms. The number of amides is 1. The zero-order valence-electron chi connectivity index (χ0n) is 9.77. The van der Waals surface area contributed by atoms with Crippen molar-refractivity contribution >= 4 is 29.2 Å². The van der Waals surface area contributed by atoms with Crippen LogP contribution in [0.5, 0.6) is 0 Å². The quantitative estimate of drug-likeness (QED) is 0.611. The van der Waals surface area contributed by atoms with Crippen molar-refractivity contribution in [1.82, 2.24) is 0 Å². The minimum absolute atomic E-state index is 0.122. The first-order valence-corrected chi connectivity index (χ1v) is 5.72. The molecule has 0 aliphatic carbocycles. The third-order valence-corrected chi connectivity index (χ3v) is 2.56. The Morgan fingerprint density at radius 1 is 1.35 bits per heavy atom. The van der Waals surface area contributed by atoms with Crippen LogP contribution in [0.4, 0.5) is 5.69 Å². The molecule has 0 aromatic heterocycles. The van der Waals surface area contributed by atoms with Gasteiger partial charge in [0.15, 0.2) is 0 Å². The SMILES string of the molecule is CCN(C(=O)CCl)c1ccccc1C(=O)OC. The first-order chi connectivity index (χ1) is 8.15. The smallest absolute Gasteiger partial charge is 0.339 e. The number of halogens is 1. The number of hydrogen-bond acceptors (Lipinski definition) is 3. The summed E-state index contributed by atoms with van der Waals surface area (Å²) in [4.78, 5) is 24.7. The Balaban J connectivity index is 3.19. The van der Waals surface area contributed by atoms with Crippen molar-refractivity contribution in [2.24, 2.45) is 0 Å². The lowest BCUT2D eigenvalue weighted by Gasteiger charge is -2.22. The van der Waals surface area contributed by atoms with Gasteiger partial charge in [-0.25, -0.2) is 4.79 Å². The highest BCUT2D eigenvalue weighted by atomic mass is 35.5. The summed E-state index contributed by atoms with van der Waals surface area (Å²) in [5.74, 6) is -0.837. The number of nitrogens with zero attached hydrogens (tertiary/aromatic N) is 1. The molecule has 0 heterocycles. The number of esters is 1. The first kappa shape index (κ1) is 13.5. The molecule has 1 aromatic carbocycles. The molecule has 1 amide bonds. The molecule has 5 heteroatoms. The van der Waals surface area contributed by atoms with Gasteiger partial charge in [0.1, 0.15) is 5.88 Å². The second kappa shape index (κ2) is 6.25. The highest BCUT2D eigenvalue weighted by molar-refractivity contribution is 6.29. The maximum Gasteiger partial charge on any atom is 0.339 e. The maximum atomic E-state index is 11.6. The summed E-state index contributed by atoms with van der Waals surface area (Å²) < 4.78 is 4.68. The van der Waals surface area contributed by atoms with E-state index in [2.05, 4.69) is 4.74 Å². The lowest BCUT2D eigenvalue weighted by Crippen LogP contribution is -2.33. The number of para-hydroxylation sites is 1. The zero-order valence-corrected chi connectivity index (χ0v) is 10.5. The van der Waals surface area contributed by atoms with Crippen molar-refractivity contribution in [3.8, 4) is 0 Å². The van der Waals surface area contributed by atoms with Crippen molar-refractivity contribution in [3.05, 3.63) is 29.8 Å². The van der Waals surface area contributed by atoms with Crippen molar-refractivity contribution in [3.63, 3.8) is 0 Å². The number of carbonyl (C=O) groups is 2. The molecule has 0 N–H and O–H groups in total. The van der Waals surface area contributed by atoms with Gasteiger partial charge in [-0.05, 0) is 19.1 Å². The van der Waals surface area contributed by atoms with Crippen LogP contribution in [0.2, 0.25) is 0 Å². The number of benzene rings is 1. The Morgan fingerprint density at radius 2 is 2.00 bits per heavy atom. The predicted octanol–water partition coefficient (Wildman–Crippen LogP) is 2.06. The van der Waals surface area contributed by atoms with E-state index in [0.29, 0.717) is 17.8 Å². The van der Waals surface area contributed by atoms with Crippen molar-refractivity contribution < 1.29 is 14.3 Å². The molecule has 0 aliphatic heterocycles. The normalized spacial score (nSPS) is 9.82. The number of alkyl halides is 1. The maximum absolute atomic E-state index is 11.6. The summed E-state index contributed by atoms with van der Waals surface area (Å²) in [6.07, 6.45) is 0. The molecule has 0 spiro atoms. The molecule has 1 aromatic rings. The van der Waals surface area contributed by atoms with Gasteiger partial charge in [0.2, 0.25) is 5.91 Å². The third-order valence-electron chi connectivity index (χ3n) is 2.33. The van der Waals surface area contributed by atoms with Crippen LogP contribution in [0.15, 0.2) is 24.3 Å². The Kier molecular flexibility index (Phi) is 4.97. The summed E-state index contributed by atoms with van der Waals surface area (Å²) >= 11 is 5.53. The van der Waals surface area contributed by atoms with Gasteiger partial charge in [-0.2, -0.15) is 0 Å². The van der Waals surface area contributed by atoms with Crippen molar-refractivity contribution in [1.29, 1.82) is 0 Å². The van der Waals surface area contributed by atoms with E-state index in [4.69, 9.17) is 11.6 Å². The van der Waals surface area contributed by atoms with Crippen LogP contribution in [0.25, 0.3) is 0 Å². The third kappa shape index (κ3) is 2.97. The Morgan fingerprint density at radius 3 is 2.53 bits per heavy atom. The lowest BCUT2D eigenvalue weighted by molar-refractivity contribution is -0.116. The van der Waals surface area contributed by atoms with Crippen LogP contribution in [0.3, 0.4) is 0 Å². The van der Waals surface area contributed by atoms with Crippen LogP contribution in [0, 0.1) is 0 Å². The molecule has 0 fully saturated rings. The van der Waals surface area contributed by atoms with Gasteiger partial charge in [0, 0.05) is 6.54 Å². The van der Waals surface area contributed by atoms with E-state index < -0.39 is 5.97 Å². The van der Waals surface area contributed by atoms with Gasteiger partial charge in [0.25, 0.3) is 0 Å². The minimum Gasteiger partial charge on any atom is -0.465 e. The topological polar surface area (TPSA) is 46.6 Å². The average Bonchev–Trinajstić information content (AvgIpc) is 2.39. The number of methoxy groups -OCH3 is 1. The monoisotopic (exact) mass is 255 g/mol. The summed E-state index contributed by atoms with van der Waals surface area (Å²) in [6, 6.07) is 6.78. The fourth-order valence-electron chi connectivity index (χ4n) is 1.54. The number of ether oxygens (including phenoxy) is 1. The number of carbonyl (C=O) groups excluding carboxylic acids is 2. The van der Waals surface area contributed by atoms with Gasteiger partial charge < -0.3 is 9.64 Å². The van der Waals surface area contributed by atoms with E-state index in [0.717, 1.165) is 0 Å². The van der Waals surface area contributed by atoms with Crippen molar-refractivity contribution in [2.75, 3.05) is 24.4 Å². The van der Waals surface area contributed by atoms with E-state index in [1.165, 1.54) is 12.0 Å². The van der Waals surface area contributed by atoms with E-state index in [9.17, 15) is 9.59 Å². The van der Waals surface area contributed by atoms with Gasteiger partial charge in [-0.15, -0.1) is 11.6 Å². The molecule has 4 nitrogen and oxygen atoms in total. The zero-order chi connectivity index (χ0) is 12.8. The minimum atomic E-state index is -0.471. The van der Waals surface area contributed by atoms with Gasteiger partial charge in [0.05, 0.1) is 18.4 Å². The molecule has 0 saturated heterocycles. The fourth-order valence-corrected chi connectivity index (χ4v) is 1.69. The summed E-state index contributed by atoms with van der Waals surface area (Å²) in [7, 11) is 1.30. The predicted molar refractivity (Wildman–Crippen MR) is 66.5 cm³/mol. The van der Waals surface area contributed by atoms with E-state index in [1.54, 1.807) is 24.3 Å². The summed E-state index contributed by atoms with van der Waals surface area (Å²) in [5.41, 5.74) is 0.878. The molecule has 0 radical (unpaired) electrons. The highest BCUT2D eigenvalue weighted by Crippen LogP contribution is 2.21.